The molecule has 0 spiro atoms. The van der Waals surface area contributed by atoms with E-state index < -0.39 is 15.9 Å². The fourth-order valence-electron chi connectivity index (χ4n) is 6.23. The van der Waals surface area contributed by atoms with E-state index in [4.69, 9.17) is 23.2 Å². The zero-order valence-electron chi connectivity index (χ0n) is 24.1. The van der Waals surface area contributed by atoms with E-state index in [1.807, 2.05) is 65.2 Å². The van der Waals surface area contributed by atoms with Crippen molar-refractivity contribution in [1.82, 2.24) is 9.80 Å². The number of amides is 1. The zero-order chi connectivity index (χ0) is 30.5. The third-order valence-corrected chi connectivity index (χ3v) is 12.7. The Morgan fingerprint density at radius 2 is 1.70 bits per heavy atom. The molecule has 3 aromatic carbocycles. The van der Waals surface area contributed by atoms with E-state index in [1.54, 1.807) is 30.3 Å². The van der Waals surface area contributed by atoms with Crippen LogP contribution in [0.25, 0.3) is 0 Å². The van der Waals surface area contributed by atoms with Crippen LogP contribution in [0, 0.1) is 0 Å². The van der Waals surface area contributed by atoms with Crippen molar-refractivity contribution in [3.63, 3.8) is 0 Å². The molecule has 0 saturated carbocycles. The summed E-state index contributed by atoms with van der Waals surface area (Å²) in [5, 5.41) is 11.4. The summed E-state index contributed by atoms with van der Waals surface area (Å²) in [6.07, 6.45) is 3.21. The molecule has 3 atom stereocenters. The van der Waals surface area contributed by atoms with Gasteiger partial charge in [-0.05, 0) is 86.4 Å². The van der Waals surface area contributed by atoms with E-state index in [0.717, 1.165) is 37.1 Å². The number of halogens is 2. The number of thioether (sulfide) groups is 1. The van der Waals surface area contributed by atoms with E-state index in [-0.39, 0.29) is 22.4 Å². The van der Waals surface area contributed by atoms with E-state index in [0.29, 0.717) is 53.0 Å². The highest BCUT2D eigenvalue weighted by atomic mass is 35.5. The molecule has 2 aliphatic heterocycles. The van der Waals surface area contributed by atoms with Crippen LogP contribution in [0.15, 0.2) is 83.8 Å². The van der Waals surface area contributed by atoms with Crippen molar-refractivity contribution >= 4 is 50.7 Å². The van der Waals surface area contributed by atoms with Gasteiger partial charge in [-0.25, -0.2) is 8.42 Å². The summed E-state index contributed by atoms with van der Waals surface area (Å²) in [7, 11) is -3.47. The third kappa shape index (κ3) is 7.96. The number of hydrogen-bond donors (Lipinski definition) is 1. The molecule has 2 aliphatic rings. The Labute approximate surface area is 269 Å². The topological polar surface area (TPSA) is 77.9 Å². The van der Waals surface area contributed by atoms with Gasteiger partial charge in [-0.3, -0.25) is 9.69 Å². The Kier molecular flexibility index (Phi) is 10.8. The van der Waals surface area contributed by atoms with Crippen LogP contribution in [0.2, 0.25) is 10.0 Å². The normalized spacial score (nSPS) is 23.3. The van der Waals surface area contributed by atoms with E-state index in [1.165, 1.54) is 0 Å². The lowest BCUT2D eigenvalue weighted by Crippen LogP contribution is -2.48. The predicted octanol–water partition coefficient (Wildman–Crippen LogP) is 6.55. The second-order valence-corrected chi connectivity index (χ2v) is 15.8. The molecule has 43 heavy (non-hydrogen) atoms. The Morgan fingerprint density at radius 1 is 0.977 bits per heavy atom. The van der Waals surface area contributed by atoms with Crippen molar-refractivity contribution in [3.05, 3.63) is 100 Å². The lowest BCUT2D eigenvalue weighted by Gasteiger charge is -2.43. The van der Waals surface area contributed by atoms with Crippen LogP contribution >= 0.6 is 35.0 Å². The number of carbonyl (C=O) groups excluding carboxylic acids is 1. The molecule has 6 nitrogen and oxygen atoms in total. The zero-order valence-corrected chi connectivity index (χ0v) is 27.2. The summed E-state index contributed by atoms with van der Waals surface area (Å²) in [6.45, 7) is 2.67. The fourth-order valence-corrected chi connectivity index (χ4v) is 9.64. The quantitative estimate of drug-likeness (QED) is 0.249. The van der Waals surface area contributed by atoms with Crippen molar-refractivity contribution in [3.8, 4) is 0 Å². The first kappa shape index (κ1) is 32.3. The lowest BCUT2D eigenvalue weighted by atomic mass is 9.89. The molecular formula is C33H38Cl2N2O4S2. The molecular weight excluding hydrogens is 623 g/mol. The summed E-state index contributed by atoms with van der Waals surface area (Å²) in [4.78, 5) is 17.9. The largest absolute Gasteiger partial charge is 0.393 e. The number of nitrogens with zero attached hydrogens (tertiary/aromatic N) is 2. The molecule has 2 fully saturated rings. The van der Waals surface area contributed by atoms with Gasteiger partial charge in [0.2, 0.25) is 0 Å². The molecule has 0 bridgehead atoms. The third-order valence-electron chi connectivity index (χ3n) is 8.50. The molecule has 2 heterocycles. The Balaban J connectivity index is 1.28. The molecule has 0 aromatic heterocycles. The van der Waals surface area contributed by atoms with Crippen LogP contribution in [-0.2, 0) is 14.6 Å². The van der Waals surface area contributed by atoms with Crippen LogP contribution < -0.4 is 0 Å². The van der Waals surface area contributed by atoms with Crippen molar-refractivity contribution in [1.29, 1.82) is 0 Å². The van der Waals surface area contributed by atoms with Gasteiger partial charge in [-0.15, -0.1) is 11.8 Å². The van der Waals surface area contributed by atoms with Crippen LogP contribution in [0.1, 0.15) is 48.0 Å². The Morgan fingerprint density at radius 3 is 2.42 bits per heavy atom. The molecule has 3 unspecified atom stereocenters. The summed E-state index contributed by atoms with van der Waals surface area (Å²) in [6, 6.07) is 23.5. The first-order chi connectivity index (χ1) is 20.7. The number of benzene rings is 3. The van der Waals surface area contributed by atoms with Gasteiger partial charge in [0.1, 0.15) is 0 Å². The van der Waals surface area contributed by atoms with Crippen molar-refractivity contribution in [2.24, 2.45) is 0 Å². The highest BCUT2D eigenvalue weighted by molar-refractivity contribution is 8.00. The number of sulfone groups is 1. The average molecular weight is 662 g/mol. The molecule has 1 N–H and O–H groups in total. The second-order valence-electron chi connectivity index (χ2n) is 11.5. The number of piperidine rings is 2. The van der Waals surface area contributed by atoms with Crippen LogP contribution in [-0.4, -0.2) is 79.1 Å². The number of carbonyl (C=O) groups is 1. The first-order valence-corrected chi connectivity index (χ1v) is 18.2. The minimum Gasteiger partial charge on any atom is -0.393 e. The number of aliphatic hydroxyl groups excluding tert-OH is 1. The SMILES string of the molecule is O=C(c1ccccc1)N1CCCC(SCCCN2CCC(O)CC2CS(=O)(=O)c2ccccc2)(c2ccc(Cl)c(Cl)c2)C1. The molecule has 2 saturated heterocycles. The van der Waals surface area contributed by atoms with Crippen LogP contribution in [0.4, 0.5) is 0 Å². The van der Waals surface area contributed by atoms with Gasteiger partial charge in [0.25, 0.3) is 5.91 Å². The number of likely N-dealkylation sites (tertiary alicyclic amines) is 2. The summed E-state index contributed by atoms with van der Waals surface area (Å²) in [5.74, 6) is 0.843. The highest BCUT2D eigenvalue weighted by Crippen LogP contribution is 2.46. The Hall–Kier alpha value is -2.07. The number of hydrogen-bond acceptors (Lipinski definition) is 6. The summed E-state index contributed by atoms with van der Waals surface area (Å²) >= 11 is 14.6. The minimum atomic E-state index is -3.47. The van der Waals surface area contributed by atoms with Crippen LogP contribution in [0.3, 0.4) is 0 Å². The van der Waals surface area contributed by atoms with Gasteiger partial charge in [-0.1, -0.05) is 65.7 Å². The maximum Gasteiger partial charge on any atom is 0.253 e. The average Bonchev–Trinajstić information content (AvgIpc) is 3.02. The molecule has 3 aromatic rings. The second kappa shape index (κ2) is 14.4. The number of aliphatic hydroxyl groups is 1. The van der Waals surface area contributed by atoms with Gasteiger partial charge in [-0.2, -0.15) is 0 Å². The maximum atomic E-state index is 13.4. The van der Waals surface area contributed by atoms with Gasteiger partial charge < -0.3 is 10.0 Å². The van der Waals surface area contributed by atoms with Gasteiger partial charge in [0, 0.05) is 31.2 Å². The van der Waals surface area contributed by atoms with Crippen molar-refractivity contribution in [2.75, 3.05) is 37.7 Å². The van der Waals surface area contributed by atoms with Gasteiger partial charge in [0.05, 0.1) is 31.5 Å². The fraction of sp³-hybridized carbons (Fsp3) is 0.424. The number of rotatable bonds is 10. The summed E-state index contributed by atoms with van der Waals surface area (Å²) in [5.41, 5.74) is 1.74. The van der Waals surface area contributed by atoms with Gasteiger partial charge >= 0.3 is 0 Å². The molecule has 1 amide bonds. The van der Waals surface area contributed by atoms with E-state index >= 15 is 0 Å². The van der Waals surface area contributed by atoms with Crippen molar-refractivity contribution in [2.45, 2.75) is 53.9 Å². The monoisotopic (exact) mass is 660 g/mol. The molecule has 5 rings (SSSR count). The molecule has 10 heteroatoms. The maximum absolute atomic E-state index is 13.4. The summed E-state index contributed by atoms with van der Waals surface area (Å²) < 4.78 is 26.0. The molecule has 230 valence electrons. The molecule has 0 radical (unpaired) electrons. The minimum absolute atomic E-state index is 0.00894. The lowest BCUT2D eigenvalue weighted by molar-refractivity contribution is 0.0497. The predicted molar refractivity (Wildman–Crippen MR) is 176 cm³/mol. The Bertz CT molecular complexity index is 1490. The van der Waals surface area contributed by atoms with E-state index in [9.17, 15) is 18.3 Å². The van der Waals surface area contributed by atoms with Crippen LogP contribution in [0.5, 0.6) is 0 Å². The highest BCUT2D eigenvalue weighted by Gasteiger charge is 2.40. The first-order valence-electron chi connectivity index (χ1n) is 14.8. The standard InChI is InChI=1S/C33H38Cl2N2O4S2/c34-30-14-13-26(21-31(30)35)33(16-7-17-37(24-33)32(39)25-9-3-1-4-10-25)42-20-8-18-36-19-15-28(38)22-27(36)23-43(40,41)29-11-5-2-6-12-29/h1-6,9-14,21,27-28,38H,7-8,15-20,22-24H2. The van der Waals surface area contributed by atoms with Gasteiger partial charge in [0.15, 0.2) is 9.84 Å². The van der Waals surface area contributed by atoms with E-state index in [2.05, 4.69) is 4.90 Å². The molecule has 0 aliphatic carbocycles. The smallest absolute Gasteiger partial charge is 0.253 e. The van der Waals surface area contributed by atoms with Crippen molar-refractivity contribution < 1.29 is 18.3 Å².